The van der Waals surface area contributed by atoms with Gasteiger partial charge in [0.15, 0.2) is 0 Å². The van der Waals surface area contributed by atoms with Crippen molar-refractivity contribution in [2.24, 2.45) is 4.99 Å². The van der Waals surface area contributed by atoms with Crippen molar-refractivity contribution in [3.05, 3.63) is 23.6 Å². The van der Waals surface area contributed by atoms with E-state index < -0.39 is 16.1 Å². The van der Waals surface area contributed by atoms with Gasteiger partial charge in [-0.15, -0.1) is 0 Å². The van der Waals surface area contributed by atoms with Crippen molar-refractivity contribution < 1.29 is 0 Å². The van der Waals surface area contributed by atoms with Crippen molar-refractivity contribution >= 4 is 22.4 Å². The Hall–Kier alpha value is -0.416. The highest BCUT2D eigenvalue weighted by atomic mass is 28.3. The Morgan fingerprint density at radius 3 is 1.95 bits per heavy atom. The Bertz CT molecular complexity index is 341. The summed E-state index contributed by atoms with van der Waals surface area (Å²) in [5.41, 5.74) is 4.86. The molecule has 0 saturated carbocycles. The van der Waals surface area contributed by atoms with Crippen LogP contribution in [0.15, 0.2) is 28.5 Å². The fourth-order valence-corrected chi connectivity index (χ4v) is 6.45. The second-order valence-corrected chi connectivity index (χ2v) is 17.0. The van der Waals surface area contributed by atoms with Gasteiger partial charge in [0, 0.05) is 6.54 Å². The molecular formula is C18H37NSi2. The Morgan fingerprint density at radius 1 is 0.762 bits per heavy atom. The zero-order valence-electron chi connectivity index (χ0n) is 15.3. The largest absolute Gasteiger partial charge is 0.298 e. The molecule has 0 rings (SSSR count). The first-order valence-electron chi connectivity index (χ1n) is 8.59. The van der Waals surface area contributed by atoms with Gasteiger partial charge in [0.05, 0.1) is 16.1 Å². The summed E-state index contributed by atoms with van der Waals surface area (Å²) >= 11 is 0. The summed E-state index contributed by atoms with van der Waals surface area (Å²) in [5.74, 6) is 0. The quantitative estimate of drug-likeness (QED) is 0.241. The summed E-state index contributed by atoms with van der Waals surface area (Å²) in [7, 11) is -2.17. The maximum Gasteiger partial charge on any atom is 0.0765 e. The Morgan fingerprint density at radius 2 is 1.33 bits per heavy atom. The summed E-state index contributed by atoms with van der Waals surface area (Å²) in [5, 5.41) is 0. The number of unbranched alkanes of at least 4 members (excludes halogenated alkanes) is 3. The third kappa shape index (κ3) is 13.0. The van der Waals surface area contributed by atoms with Gasteiger partial charge in [-0.1, -0.05) is 75.0 Å². The van der Waals surface area contributed by atoms with Crippen molar-refractivity contribution in [2.75, 3.05) is 6.54 Å². The molecule has 21 heavy (non-hydrogen) atoms. The maximum absolute atomic E-state index is 4.59. The van der Waals surface area contributed by atoms with E-state index in [4.69, 9.17) is 0 Å². The summed E-state index contributed by atoms with van der Waals surface area (Å²) in [4.78, 5) is 4.59. The zero-order chi connectivity index (χ0) is 16.2. The van der Waals surface area contributed by atoms with Crippen LogP contribution in [0.5, 0.6) is 0 Å². The van der Waals surface area contributed by atoms with Crippen LogP contribution in [0.2, 0.25) is 38.3 Å². The minimum atomic E-state index is -1.15. The highest BCUT2D eigenvalue weighted by molar-refractivity contribution is 6.84. The van der Waals surface area contributed by atoms with Gasteiger partial charge in [0.2, 0.25) is 0 Å². The SMILES string of the molecule is C/C=C/[Si](C)(C)CC=NCCCCCC[Si](C)(C)/C=C/C. The lowest BCUT2D eigenvalue weighted by Gasteiger charge is -2.16. The summed E-state index contributed by atoms with van der Waals surface area (Å²) < 4.78 is 0. The van der Waals surface area contributed by atoms with Gasteiger partial charge in [-0.3, -0.25) is 4.99 Å². The standard InChI is InChI=1S/C18H37NSi2/c1-7-15-20(3,4)17-12-10-9-11-13-19-14-18-21(5,6)16-8-2/h7-8,14-16H,9-13,17-18H2,1-6H3/b15-7+,16-8+,19-14?. The molecule has 0 N–H and O–H groups in total. The minimum Gasteiger partial charge on any atom is -0.298 e. The van der Waals surface area contributed by atoms with E-state index in [-0.39, 0.29) is 0 Å². The van der Waals surface area contributed by atoms with Crippen LogP contribution in [0.1, 0.15) is 39.5 Å². The highest BCUT2D eigenvalue weighted by Crippen LogP contribution is 2.16. The lowest BCUT2D eigenvalue weighted by Crippen LogP contribution is -2.22. The molecule has 0 amide bonds. The van der Waals surface area contributed by atoms with Crippen LogP contribution in [0, 0.1) is 0 Å². The molecule has 0 spiro atoms. The Labute approximate surface area is 135 Å². The molecule has 0 aromatic rings. The number of hydrogen-bond donors (Lipinski definition) is 0. The predicted molar refractivity (Wildman–Crippen MR) is 106 cm³/mol. The van der Waals surface area contributed by atoms with Gasteiger partial charge in [0.25, 0.3) is 0 Å². The second kappa shape index (κ2) is 11.2. The van der Waals surface area contributed by atoms with Crippen LogP contribution in [0.3, 0.4) is 0 Å². The van der Waals surface area contributed by atoms with Crippen LogP contribution >= 0.6 is 0 Å². The maximum atomic E-state index is 4.59. The lowest BCUT2D eigenvalue weighted by atomic mass is 10.2. The minimum absolute atomic E-state index is 1.02. The first-order valence-corrected chi connectivity index (χ1v) is 15.2. The van der Waals surface area contributed by atoms with Crippen LogP contribution < -0.4 is 0 Å². The molecular weight excluding hydrogens is 286 g/mol. The van der Waals surface area contributed by atoms with E-state index in [1.807, 2.05) is 0 Å². The topological polar surface area (TPSA) is 12.4 Å². The van der Waals surface area contributed by atoms with Crippen LogP contribution in [0.25, 0.3) is 0 Å². The third-order valence-electron chi connectivity index (χ3n) is 3.84. The molecule has 1 nitrogen and oxygen atoms in total. The molecule has 0 aromatic carbocycles. The average Bonchev–Trinajstić information content (AvgIpc) is 2.36. The van der Waals surface area contributed by atoms with Crippen LogP contribution in [0.4, 0.5) is 0 Å². The van der Waals surface area contributed by atoms with E-state index in [1.54, 1.807) is 0 Å². The smallest absolute Gasteiger partial charge is 0.0765 e. The number of rotatable bonds is 11. The van der Waals surface area contributed by atoms with E-state index in [2.05, 4.69) is 74.8 Å². The van der Waals surface area contributed by atoms with E-state index >= 15 is 0 Å². The van der Waals surface area contributed by atoms with Gasteiger partial charge in [0.1, 0.15) is 0 Å². The van der Waals surface area contributed by atoms with Gasteiger partial charge in [-0.2, -0.15) is 0 Å². The normalized spacial score (nSPS) is 14.0. The molecule has 3 heteroatoms. The molecule has 0 aromatic heterocycles. The van der Waals surface area contributed by atoms with Crippen LogP contribution in [-0.2, 0) is 0 Å². The first kappa shape index (κ1) is 20.6. The average molecular weight is 324 g/mol. The third-order valence-corrected chi connectivity index (χ3v) is 9.19. The lowest BCUT2D eigenvalue weighted by molar-refractivity contribution is 0.672. The highest BCUT2D eigenvalue weighted by Gasteiger charge is 2.15. The van der Waals surface area contributed by atoms with Crippen molar-refractivity contribution in [3.63, 3.8) is 0 Å². The summed E-state index contributed by atoms with van der Waals surface area (Å²) in [6.45, 7) is 15.0. The monoisotopic (exact) mass is 323 g/mol. The molecule has 0 saturated heterocycles. The zero-order valence-corrected chi connectivity index (χ0v) is 17.3. The van der Waals surface area contributed by atoms with Gasteiger partial charge in [-0.25, -0.2) is 0 Å². The fraction of sp³-hybridized carbons (Fsp3) is 0.722. The molecule has 0 heterocycles. The second-order valence-electron chi connectivity index (χ2n) is 7.43. The molecule has 0 fully saturated rings. The predicted octanol–water partition coefficient (Wildman–Crippen LogP) is 6.27. The number of aliphatic imine (C=N–C) groups is 1. The van der Waals surface area contributed by atoms with Crippen molar-refractivity contribution in [3.8, 4) is 0 Å². The van der Waals surface area contributed by atoms with Gasteiger partial charge >= 0.3 is 0 Å². The van der Waals surface area contributed by atoms with E-state index in [0.717, 1.165) is 6.54 Å². The van der Waals surface area contributed by atoms with Crippen LogP contribution in [-0.4, -0.2) is 28.9 Å². The van der Waals surface area contributed by atoms with Gasteiger partial charge < -0.3 is 0 Å². The Kier molecular flexibility index (Phi) is 11.0. The fourth-order valence-electron chi connectivity index (χ4n) is 2.58. The molecule has 0 unspecified atom stereocenters. The van der Waals surface area contributed by atoms with Crippen molar-refractivity contribution in [2.45, 2.75) is 77.8 Å². The number of allylic oxidation sites excluding steroid dienone is 2. The molecule has 0 aliphatic rings. The Balaban J connectivity index is 3.61. The molecule has 0 aliphatic heterocycles. The number of nitrogens with zero attached hydrogens (tertiary/aromatic N) is 1. The first-order chi connectivity index (χ1) is 9.83. The summed E-state index contributed by atoms with van der Waals surface area (Å²) in [6, 6.07) is 2.62. The van der Waals surface area contributed by atoms with Crippen molar-refractivity contribution in [1.82, 2.24) is 0 Å². The molecule has 122 valence electrons. The molecule has 0 aliphatic carbocycles. The molecule has 0 radical (unpaired) electrons. The van der Waals surface area contributed by atoms with Gasteiger partial charge in [-0.05, 0) is 32.5 Å². The van der Waals surface area contributed by atoms with E-state index in [1.165, 1.54) is 37.8 Å². The molecule has 0 atom stereocenters. The van der Waals surface area contributed by atoms with Crippen molar-refractivity contribution in [1.29, 1.82) is 0 Å². The van der Waals surface area contributed by atoms with E-state index in [0.29, 0.717) is 0 Å². The number of hydrogen-bond acceptors (Lipinski definition) is 1. The van der Waals surface area contributed by atoms with E-state index in [9.17, 15) is 0 Å². The summed E-state index contributed by atoms with van der Waals surface area (Å²) in [6.07, 6.45) is 12.0. The molecule has 0 bridgehead atoms.